The number of halogens is 2. The van der Waals surface area contributed by atoms with E-state index in [0.717, 1.165) is 11.8 Å². The Morgan fingerprint density at radius 3 is 3.00 bits per heavy atom. The molecule has 7 nitrogen and oxygen atoms in total. The fourth-order valence-electron chi connectivity index (χ4n) is 1.71. The number of rotatable bonds is 5. The van der Waals surface area contributed by atoms with Crippen molar-refractivity contribution in [2.75, 3.05) is 7.11 Å². The number of benzene rings is 1. The molecule has 1 aliphatic rings. The quantitative estimate of drug-likeness (QED) is 0.578. The van der Waals surface area contributed by atoms with Crippen molar-refractivity contribution in [2.45, 2.75) is 11.7 Å². The second kappa shape index (κ2) is 7.55. The summed E-state index contributed by atoms with van der Waals surface area (Å²) in [6.07, 6.45) is 0.863. The van der Waals surface area contributed by atoms with Crippen LogP contribution in [0.25, 0.3) is 0 Å². The number of carboxylic acid groups (broad SMARTS) is 1. The summed E-state index contributed by atoms with van der Waals surface area (Å²) in [5, 5.41) is 18.0. The van der Waals surface area contributed by atoms with Crippen LogP contribution in [-0.2, 0) is 9.59 Å². The van der Waals surface area contributed by atoms with Crippen molar-refractivity contribution < 1.29 is 23.8 Å². The van der Waals surface area contributed by atoms with E-state index in [2.05, 4.69) is 31.4 Å². The number of nitrogens with one attached hydrogen (secondary N) is 1. The van der Waals surface area contributed by atoms with E-state index >= 15 is 0 Å². The van der Waals surface area contributed by atoms with Crippen LogP contribution in [0.2, 0.25) is 0 Å². The summed E-state index contributed by atoms with van der Waals surface area (Å²) in [6, 6.07) is 3.07. The van der Waals surface area contributed by atoms with Crippen molar-refractivity contribution >= 4 is 51.0 Å². The van der Waals surface area contributed by atoms with Gasteiger partial charge in [0.1, 0.15) is 5.25 Å². The van der Waals surface area contributed by atoms with Gasteiger partial charge in [0.05, 0.1) is 19.7 Å². The summed E-state index contributed by atoms with van der Waals surface area (Å²) < 4.78 is 19.4. The van der Waals surface area contributed by atoms with Crippen molar-refractivity contribution in [3.63, 3.8) is 0 Å². The van der Waals surface area contributed by atoms with Crippen LogP contribution in [-0.4, -0.2) is 40.7 Å². The van der Waals surface area contributed by atoms with E-state index < -0.39 is 22.9 Å². The third kappa shape index (κ3) is 4.29. The van der Waals surface area contributed by atoms with E-state index in [1.54, 1.807) is 6.07 Å². The Balaban J connectivity index is 2.13. The Hall–Kier alpha value is -1.94. The molecule has 0 spiro atoms. The summed E-state index contributed by atoms with van der Waals surface area (Å²) in [5.74, 6) is -2.06. The first-order chi connectivity index (χ1) is 10.9. The van der Waals surface area contributed by atoms with Gasteiger partial charge in [-0.25, -0.2) is 4.39 Å². The third-order valence-corrected chi connectivity index (χ3v) is 4.55. The Morgan fingerprint density at radius 2 is 2.35 bits per heavy atom. The molecule has 0 saturated carbocycles. The van der Waals surface area contributed by atoms with Gasteiger partial charge in [0, 0.05) is 10.0 Å². The fourth-order valence-corrected chi connectivity index (χ4v) is 3.03. The van der Waals surface area contributed by atoms with Gasteiger partial charge in [0.2, 0.25) is 5.91 Å². The summed E-state index contributed by atoms with van der Waals surface area (Å²) in [7, 11) is 1.35. The van der Waals surface area contributed by atoms with Crippen molar-refractivity contribution in [1.29, 1.82) is 0 Å². The molecule has 1 amide bonds. The maximum Gasteiger partial charge on any atom is 0.305 e. The molecule has 2 N–H and O–H groups in total. The van der Waals surface area contributed by atoms with Gasteiger partial charge >= 0.3 is 5.97 Å². The largest absolute Gasteiger partial charge is 0.494 e. The van der Waals surface area contributed by atoms with Crippen LogP contribution in [0.5, 0.6) is 5.75 Å². The van der Waals surface area contributed by atoms with Crippen LogP contribution < -0.4 is 10.1 Å². The molecule has 1 aliphatic heterocycles. The van der Waals surface area contributed by atoms with E-state index in [9.17, 15) is 14.0 Å². The molecule has 1 fully saturated rings. The first-order valence-electron chi connectivity index (χ1n) is 6.24. The fraction of sp³-hybridized carbons (Fsp3) is 0.231. The van der Waals surface area contributed by atoms with Gasteiger partial charge in [0.15, 0.2) is 16.7 Å². The Morgan fingerprint density at radius 1 is 1.61 bits per heavy atom. The molecule has 0 radical (unpaired) electrons. The molecule has 1 heterocycles. The molecule has 122 valence electrons. The molecular weight excluding hydrogens is 393 g/mol. The molecule has 0 aromatic heterocycles. The normalized spacial score (nSPS) is 19.3. The molecule has 10 heteroatoms. The van der Waals surface area contributed by atoms with Crippen molar-refractivity contribution in [3.8, 4) is 5.75 Å². The summed E-state index contributed by atoms with van der Waals surface area (Å²) in [5.41, 5.74) is 0.144. The number of thioether (sulfide) groups is 1. The molecule has 0 aliphatic carbocycles. The number of nitrogens with zero attached hydrogens (tertiary/aromatic N) is 2. The summed E-state index contributed by atoms with van der Waals surface area (Å²) in [4.78, 5) is 22.2. The molecule has 1 unspecified atom stereocenters. The predicted octanol–water partition coefficient (Wildman–Crippen LogP) is 1.99. The topological polar surface area (TPSA) is 100 Å². The Kier molecular flexibility index (Phi) is 5.72. The number of carboxylic acids is 1. The van der Waals surface area contributed by atoms with E-state index in [1.807, 2.05) is 0 Å². The number of amides is 1. The number of ether oxygens (including phenoxy) is 1. The van der Waals surface area contributed by atoms with Crippen LogP contribution in [0.1, 0.15) is 12.0 Å². The number of carbonyl (C=O) groups excluding carboxylic acids is 1. The van der Waals surface area contributed by atoms with Gasteiger partial charge in [0.25, 0.3) is 0 Å². The van der Waals surface area contributed by atoms with E-state index in [-0.39, 0.29) is 22.9 Å². The van der Waals surface area contributed by atoms with Crippen LogP contribution in [0.3, 0.4) is 0 Å². The lowest BCUT2D eigenvalue weighted by Crippen LogP contribution is -2.26. The van der Waals surface area contributed by atoms with Crippen LogP contribution in [0, 0.1) is 5.82 Å². The molecule has 23 heavy (non-hydrogen) atoms. The molecule has 0 bridgehead atoms. The lowest BCUT2D eigenvalue weighted by Gasteiger charge is -2.05. The first kappa shape index (κ1) is 17.4. The maximum absolute atomic E-state index is 14.1. The number of hydrogen-bond acceptors (Lipinski definition) is 6. The minimum atomic E-state index is -1.08. The zero-order valence-electron chi connectivity index (χ0n) is 11.7. The number of aliphatic carboxylic acids is 1. The first-order valence-corrected chi connectivity index (χ1v) is 7.92. The molecular formula is C13H11BrFN3O4S. The van der Waals surface area contributed by atoms with Gasteiger partial charge in [-0.2, -0.15) is 5.10 Å². The average molecular weight is 404 g/mol. The number of methoxy groups -OCH3 is 1. The monoisotopic (exact) mass is 403 g/mol. The Bertz CT molecular complexity index is 711. The van der Waals surface area contributed by atoms with Gasteiger partial charge in [-0.05, 0) is 12.1 Å². The third-order valence-electron chi connectivity index (χ3n) is 2.78. The zero-order chi connectivity index (χ0) is 17.0. The lowest BCUT2D eigenvalue weighted by atomic mass is 10.2. The van der Waals surface area contributed by atoms with Crippen molar-refractivity contribution in [3.05, 3.63) is 28.0 Å². The minimum Gasteiger partial charge on any atom is -0.494 e. The number of hydrogen-bond donors (Lipinski definition) is 2. The van der Waals surface area contributed by atoms with E-state index in [4.69, 9.17) is 9.84 Å². The van der Waals surface area contributed by atoms with Crippen LogP contribution >= 0.6 is 27.7 Å². The van der Waals surface area contributed by atoms with Gasteiger partial charge in [-0.3, -0.25) is 9.59 Å². The second-order valence-electron chi connectivity index (χ2n) is 4.32. The van der Waals surface area contributed by atoms with Crippen molar-refractivity contribution in [1.82, 2.24) is 5.32 Å². The smallest absolute Gasteiger partial charge is 0.305 e. The highest BCUT2D eigenvalue weighted by atomic mass is 79.9. The second-order valence-corrected chi connectivity index (χ2v) is 6.37. The van der Waals surface area contributed by atoms with Gasteiger partial charge in [-0.1, -0.05) is 27.7 Å². The van der Waals surface area contributed by atoms with Gasteiger partial charge < -0.3 is 15.2 Å². The number of amidine groups is 1. The highest BCUT2D eigenvalue weighted by Gasteiger charge is 2.32. The molecule has 1 atom stereocenters. The zero-order valence-corrected chi connectivity index (χ0v) is 14.1. The highest BCUT2D eigenvalue weighted by molar-refractivity contribution is 9.10. The highest BCUT2D eigenvalue weighted by Crippen LogP contribution is 2.26. The van der Waals surface area contributed by atoms with E-state index in [1.165, 1.54) is 19.4 Å². The predicted molar refractivity (Wildman–Crippen MR) is 87.5 cm³/mol. The maximum atomic E-state index is 14.1. The summed E-state index contributed by atoms with van der Waals surface area (Å²) in [6.45, 7) is 0. The molecule has 1 aromatic rings. The van der Waals surface area contributed by atoms with Crippen LogP contribution in [0.15, 0.2) is 26.8 Å². The van der Waals surface area contributed by atoms with Gasteiger partial charge in [-0.15, -0.1) is 5.10 Å². The minimum absolute atomic E-state index is 0.0624. The van der Waals surface area contributed by atoms with E-state index in [0.29, 0.717) is 4.47 Å². The average Bonchev–Trinajstić information content (AvgIpc) is 2.82. The Labute approximate surface area is 143 Å². The van der Waals surface area contributed by atoms with Crippen LogP contribution in [0.4, 0.5) is 4.39 Å². The summed E-state index contributed by atoms with van der Waals surface area (Å²) >= 11 is 4.16. The molecule has 1 aromatic carbocycles. The van der Waals surface area contributed by atoms with Crippen molar-refractivity contribution in [2.24, 2.45) is 10.2 Å². The molecule has 1 saturated heterocycles. The lowest BCUT2D eigenvalue weighted by molar-refractivity contribution is -0.138. The SMILES string of the molecule is COc1ccc(Br)c(C=NN=C2NC(=O)C(CC(=O)O)S2)c1F. The standard InChI is InChI=1S/C13H11BrFN3O4S/c1-22-8-3-2-7(14)6(11(8)15)5-16-18-13-17-12(21)9(23-13)4-10(19)20/h2-3,5,9H,4H2,1H3,(H,19,20)(H,17,18,21). The number of carbonyl (C=O) groups is 2. The molecule has 2 rings (SSSR count).